The number of carbonyl (C=O) groups excluding carboxylic acids is 1. The maximum atomic E-state index is 11.6. The van der Waals surface area contributed by atoms with Crippen molar-refractivity contribution in [3.63, 3.8) is 0 Å². The Kier molecular flexibility index (Phi) is 6.34. The molecule has 3 heteroatoms. The summed E-state index contributed by atoms with van der Waals surface area (Å²) in [5.74, 6) is 0.734. The van der Waals surface area contributed by atoms with Gasteiger partial charge in [-0.15, -0.1) is 0 Å². The topological polar surface area (TPSA) is 32.3 Å². The fourth-order valence-electron chi connectivity index (χ4n) is 4.17. The Morgan fingerprint density at radius 2 is 1.90 bits per heavy atom. The van der Waals surface area contributed by atoms with Crippen LogP contribution in [-0.4, -0.2) is 36.5 Å². The van der Waals surface area contributed by atoms with E-state index >= 15 is 0 Å². The summed E-state index contributed by atoms with van der Waals surface area (Å²) in [5, 5.41) is 3.33. The minimum atomic E-state index is 0.527. The zero-order valence-corrected chi connectivity index (χ0v) is 13.3. The van der Waals surface area contributed by atoms with Crippen LogP contribution < -0.4 is 5.32 Å². The van der Waals surface area contributed by atoms with Crippen molar-refractivity contribution >= 4 is 6.41 Å². The highest BCUT2D eigenvalue weighted by Gasteiger charge is 2.35. The predicted octanol–water partition coefficient (Wildman–Crippen LogP) is 3.33. The summed E-state index contributed by atoms with van der Waals surface area (Å²) in [7, 11) is 2.04. The van der Waals surface area contributed by atoms with E-state index in [1.165, 1.54) is 70.6 Å². The summed E-state index contributed by atoms with van der Waals surface area (Å²) < 4.78 is 0. The summed E-state index contributed by atoms with van der Waals surface area (Å²) in [6.07, 6.45) is 14.0. The molecular formula is C17H32N2O. The van der Waals surface area contributed by atoms with E-state index in [0.717, 1.165) is 5.92 Å². The van der Waals surface area contributed by atoms with E-state index in [9.17, 15) is 4.79 Å². The van der Waals surface area contributed by atoms with Gasteiger partial charge in [-0.1, -0.05) is 25.7 Å². The third kappa shape index (κ3) is 3.97. The van der Waals surface area contributed by atoms with Crippen molar-refractivity contribution in [3.8, 4) is 0 Å². The van der Waals surface area contributed by atoms with Gasteiger partial charge in [0.2, 0.25) is 6.41 Å². The first-order chi connectivity index (χ1) is 9.76. The average Bonchev–Trinajstić information content (AvgIpc) is 2.95. The van der Waals surface area contributed by atoms with E-state index in [-0.39, 0.29) is 0 Å². The molecule has 0 saturated heterocycles. The number of carbonyl (C=O) groups is 1. The molecule has 3 nitrogen and oxygen atoms in total. The molecule has 0 aromatic heterocycles. The van der Waals surface area contributed by atoms with Crippen molar-refractivity contribution in [2.75, 3.05) is 7.05 Å². The summed E-state index contributed by atoms with van der Waals surface area (Å²) in [5.41, 5.74) is 0. The third-order valence-corrected chi connectivity index (χ3v) is 5.58. The van der Waals surface area contributed by atoms with E-state index < -0.39 is 0 Å². The van der Waals surface area contributed by atoms with E-state index in [1.807, 2.05) is 7.05 Å². The van der Waals surface area contributed by atoms with Crippen molar-refractivity contribution in [1.29, 1.82) is 0 Å². The second-order valence-corrected chi connectivity index (χ2v) is 6.87. The molecule has 1 N–H and O–H groups in total. The Hall–Kier alpha value is -0.570. The largest absolute Gasteiger partial charge is 0.339 e. The standard InChI is InChI=1S/C17H32N2O/c1-14(18-2)11-12-15-7-6-10-17(15)19(13-20)16-8-4-3-5-9-16/h13-18H,3-12H2,1-2H3. The lowest BCUT2D eigenvalue weighted by Gasteiger charge is -2.38. The lowest BCUT2D eigenvalue weighted by molar-refractivity contribution is -0.124. The molecule has 1 amide bonds. The van der Waals surface area contributed by atoms with Crippen LogP contribution in [-0.2, 0) is 4.79 Å². The van der Waals surface area contributed by atoms with Gasteiger partial charge in [-0.25, -0.2) is 0 Å². The van der Waals surface area contributed by atoms with Crippen LogP contribution in [0.3, 0.4) is 0 Å². The molecule has 0 aromatic carbocycles. The predicted molar refractivity (Wildman–Crippen MR) is 83.7 cm³/mol. The van der Waals surface area contributed by atoms with Crippen molar-refractivity contribution in [3.05, 3.63) is 0 Å². The number of hydrogen-bond acceptors (Lipinski definition) is 2. The number of nitrogens with zero attached hydrogens (tertiary/aromatic N) is 1. The lowest BCUT2D eigenvalue weighted by Crippen LogP contribution is -2.45. The molecular weight excluding hydrogens is 248 g/mol. The number of hydrogen-bond donors (Lipinski definition) is 1. The maximum Gasteiger partial charge on any atom is 0.210 e. The highest BCUT2D eigenvalue weighted by molar-refractivity contribution is 5.48. The first-order valence-electron chi connectivity index (χ1n) is 8.66. The fraction of sp³-hybridized carbons (Fsp3) is 0.941. The van der Waals surface area contributed by atoms with E-state index in [4.69, 9.17) is 0 Å². The van der Waals surface area contributed by atoms with Gasteiger partial charge in [0, 0.05) is 18.1 Å². The van der Waals surface area contributed by atoms with E-state index in [0.29, 0.717) is 18.1 Å². The molecule has 3 unspecified atom stereocenters. The van der Waals surface area contributed by atoms with Gasteiger partial charge >= 0.3 is 0 Å². The Morgan fingerprint density at radius 1 is 1.15 bits per heavy atom. The van der Waals surface area contributed by atoms with Crippen LogP contribution in [0.2, 0.25) is 0 Å². The summed E-state index contributed by atoms with van der Waals surface area (Å²) >= 11 is 0. The molecule has 116 valence electrons. The zero-order valence-electron chi connectivity index (χ0n) is 13.3. The molecule has 2 rings (SSSR count). The molecule has 0 radical (unpaired) electrons. The van der Waals surface area contributed by atoms with Gasteiger partial charge in [0.25, 0.3) is 0 Å². The molecule has 0 bridgehead atoms. The fourth-order valence-corrected chi connectivity index (χ4v) is 4.17. The number of amides is 1. The minimum absolute atomic E-state index is 0.527. The van der Waals surface area contributed by atoms with Crippen LogP contribution in [0.1, 0.15) is 71.1 Å². The SMILES string of the molecule is CNC(C)CCC1CCCC1N(C=O)C1CCCCC1. The van der Waals surface area contributed by atoms with Gasteiger partial charge in [0.1, 0.15) is 0 Å². The average molecular weight is 280 g/mol. The van der Waals surface area contributed by atoms with Crippen LogP contribution >= 0.6 is 0 Å². The Labute approximate surface area is 124 Å². The van der Waals surface area contributed by atoms with Crippen LogP contribution in [0.5, 0.6) is 0 Å². The monoisotopic (exact) mass is 280 g/mol. The molecule has 3 atom stereocenters. The van der Waals surface area contributed by atoms with Crippen LogP contribution in [0.4, 0.5) is 0 Å². The molecule has 2 saturated carbocycles. The normalized spacial score (nSPS) is 29.3. The molecule has 0 aliphatic heterocycles. The van der Waals surface area contributed by atoms with Crippen LogP contribution in [0.25, 0.3) is 0 Å². The number of nitrogens with one attached hydrogen (secondary N) is 1. The van der Waals surface area contributed by atoms with Crippen LogP contribution in [0.15, 0.2) is 0 Å². The van der Waals surface area contributed by atoms with Crippen molar-refractivity contribution in [2.24, 2.45) is 5.92 Å². The Bertz CT molecular complexity index is 289. The highest BCUT2D eigenvalue weighted by Crippen LogP contribution is 2.36. The van der Waals surface area contributed by atoms with Crippen molar-refractivity contribution in [1.82, 2.24) is 10.2 Å². The summed E-state index contributed by atoms with van der Waals surface area (Å²) in [6.45, 7) is 2.25. The lowest BCUT2D eigenvalue weighted by atomic mass is 9.89. The van der Waals surface area contributed by atoms with Crippen molar-refractivity contribution < 1.29 is 4.79 Å². The molecule has 2 fully saturated rings. The van der Waals surface area contributed by atoms with Gasteiger partial charge in [0.05, 0.1) is 0 Å². The Balaban J connectivity index is 1.91. The van der Waals surface area contributed by atoms with E-state index in [1.54, 1.807) is 0 Å². The van der Waals surface area contributed by atoms with Crippen LogP contribution in [0, 0.1) is 5.92 Å². The van der Waals surface area contributed by atoms with Gasteiger partial charge < -0.3 is 10.2 Å². The second-order valence-electron chi connectivity index (χ2n) is 6.87. The summed E-state index contributed by atoms with van der Waals surface area (Å²) in [4.78, 5) is 13.9. The molecule has 2 aliphatic carbocycles. The quantitative estimate of drug-likeness (QED) is 0.725. The van der Waals surface area contributed by atoms with Gasteiger partial charge in [-0.2, -0.15) is 0 Å². The van der Waals surface area contributed by atoms with Gasteiger partial charge in [-0.05, 0) is 58.4 Å². The highest BCUT2D eigenvalue weighted by atomic mass is 16.1. The maximum absolute atomic E-state index is 11.6. The summed E-state index contributed by atoms with van der Waals surface area (Å²) in [6, 6.07) is 1.66. The van der Waals surface area contributed by atoms with Gasteiger partial charge in [0.15, 0.2) is 0 Å². The first-order valence-corrected chi connectivity index (χ1v) is 8.66. The smallest absolute Gasteiger partial charge is 0.210 e. The third-order valence-electron chi connectivity index (χ3n) is 5.58. The zero-order chi connectivity index (χ0) is 14.4. The molecule has 0 heterocycles. The van der Waals surface area contributed by atoms with E-state index in [2.05, 4.69) is 17.1 Å². The molecule has 20 heavy (non-hydrogen) atoms. The molecule has 2 aliphatic rings. The Morgan fingerprint density at radius 3 is 2.55 bits per heavy atom. The minimum Gasteiger partial charge on any atom is -0.339 e. The number of rotatable bonds is 7. The molecule has 0 aromatic rings. The van der Waals surface area contributed by atoms with Gasteiger partial charge in [-0.3, -0.25) is 4.79 Å². The first kappa shape index (κ1) is 15.8. The second kappa shape index (κ2) is 8.02. The van der Waals surface area contributed by atoms with Crippen molar-refractivity contribution in [2.45, 2.75) is 89.3 Å². The molecule has 0 spiro atoms.